The standard InChI is InChI=1S/C30H32N2/c1-21-23(3)29(31-19-25-11-7-5-8-12-25)17-15-27(21)28-16-18-30(24(4)22(28)2)32-20-26-13-9-6-10-14-26/h5-18,31-32H,19-20H2,1-4H3. The van der Waals surface area contributed by atoms with E-state index in [1.807, 2.05) is 0 Å². The van der Waals surface area contributed by atoms with E-state index in [9.17, 15) is 0 Å². The smallest absolute Gasteiger partial charge is 0.0400 e. The number of hydrogen-bond donors (Lipinski definition) is 2. The second-order valence-corrected chi connectivity index (χ2v) is 8.50. The SMILES string of the molecule is Cc1c(NCc2ccccc2)ccc(-c2ccc(NCc3ccccc3)c(C)c2C)c1C. The van der Waals surface area contributed by atoms with Gasteiger partial charge in [-0.2, -0.15) is 0 Å². The number of benzene rings is 4. The normalized spacial score (nSPS) is 10.8. The van der Waals surface area contributed by atoms with Gasteiger partial charge in [0.25, 0.3) is 0 Å². The van der Waals surface area contributed by atoms with E-state index in [0.717, 1.165) is 13.1 Å². The minimum atomic E-state index is 0.834. The maximum absolute atomic E-state index is 3.61. The molecule has 0 unspecified atom stereocenters. The largest absolute Gasteiger partial charge is 0.381 e. The summed E-state index contributed by atoms with van der Waals surface area (Å²) in [6.45, 7) is 10.6. The first kappa shape index (κ1) is 21.7. The summed E-state index contributed by atoms with van der Waals surface area (Å²) < 4.78 is 0. The van der Waals surface area contributed by atoms with Crippen LogP contribution in [0.4, 0.5) is 11.4 Å². The van der Waals surface area contributed by atoms with Crippen LogP contribution in [-0.2, 0) is 13.1 Å². The van der Waals surface area contributed by atoms with Crippen LogP contribution in [0.2, 0.25) is 0 Å². The van der Waals surface area contributed by atoms with Gasteiger partial charge in [0.05, 0.1) is 0 Å². The van der Waals surface area contributed by atoms with E-state index in [-0.39, 0.29) is 0 Å². The van der Waals surface area contributed by atoms with Crippen molar-refractivity contribution in [2.45, 2.75) is 40.8 Å². The van der Waals surface area contributed by atoms with Crippen LogP contribution in [0.3, 0.4) is 0 Å². The fourth-order valence-electron chi connectivity index (χ4n) is 4.19. The highest BCUT2D eigenvalue weighted by Crippen LogP contribution is 2.35. The molecule has 0 spiro atoms. The summed E-state index contributed by atoms with van der Waals surface area (Å²) in [5.74, 6) is 0. The Labute approximate surface area is 192 Å². The maximum Gasteiger partial charge on any atom is 0.0400 e. The van der Waals surface area contributed by atoms with Gasteiger partial charge in [0.2, 0.25) is 0 Å². The first-order valence-electron chi connectivity index (χ1n) is 11.3. The van der Waals surface area contributed by atoms with E-state index in [1.165, 1.54) is 55.9 Å². The number of hydrogen-bond acceptors (Lipinski definition) is 2. The summed E-state index contributed by atoms with van der Waals surface area (Å²) in [7, 11) is 0. The van der Waals surface area contributed by atoms with Crippen molar-refractivity contribution in [3.8, 4) is 11.1 Å². The van der Waals surface area contributed by atoms with Gasteiger partial charge in [0.15, 0.2) is 0 Å². The number of nitrogens with one attached hydrogen (secondary N) is 2. The predicted octanol–water partition coefficient (Wildman–Crippen LogP) is 7.81. The molecule has 0 fully saturated rings. The zero-order chi connectivity index (χ0) is 22.5. The van der Waals surface area contributed by atoms with Crippen LogP contribution in [0.25, 0.3) is 11.1 Å². The van der Waals surface area contributed by atoms with Gasteiger partial charge in [-0.15, -0.1) is 0 Å². The molecule has 4 aromatic carbocycles. The van der Waals surface area contributed by atoms with Crippen molar-refractivity contribution in [2.24, 2.45) is 0 Å². The molecule has 0 aliphatic heterocycles. The van der Waals surface area contributed by atoms with E-state index >= 15 is 0 Å². The molecule has 0 atom stereocenters. The van der Waals surface area contributed by atoms with Gasteiger partial charge in [-0.1, -0.05) is 72.8 Å². The summed E-state index contributed by atoms with van der Waals surface area (Å²) in [6.07, 6.45) is 0. The zero-order valence-electron chi connectivity index (χ0n) is 19.5. The Morgan fingerprint density at radius 1 is 0.438 bits per heavy atom. The molecule has 162 valence electrons. The highest BCUT2D eigenvalue weighted by atomic mass is 14.9. The first-order valence-corrected chi connectivity index (χ1v) is 11.3. The number of rotatable bonds is 7. The van der Waals surface area contributed by atoms with E-state index in [2.05, 4.69) is 123 Å². The van der Waals surface area contributed by atoms with E-state index < -0.39 is 0 Å². The van der Waals surface area contributed by atoms with Crippen molar-refractivity contribution < 1.29 is 0 Å². The lowest BCUT2D eigenvalue weighted by atomic mass is 9.90. The van der Waals surface area contributed by atoms with Crippen molar-refractivity contribution in [1.29, 1.82) is 0 Å². The van der Waals surface area contributed by atoms with Crippen LogP contribution >= 0.6 is 0 Å². The molecule has 0 saturated heterocycles. The van der Waals surface area contributed by atoms with Gasteiger partial charge in [-0.3, -0.25) is 0 Å². The van der Waals surface area contributed by atoms with Gasteiger partial charge in [0.1, 0.15) is 0 Å². The molecule has 2 heteroatoms. The summed E-state index contributed by atoms with van der Waals surface area (Å²) in [6, 6.07) is 30.0. The molecule has 0 aliphatic carbocycles. The Kier molecular flexibility index (Phi) is 6.61. The molecule has 0 bridgehead atoms. The maximum atomic E-state index is 3.61. The van der Waals surface area contributed by atoms with Gasteiger partial charge in [-0.05, 0) is 84.3 Å². The average Bonchev–Trinajstić information content (AvgIpc) is 2.83. The Bertz CT molecular complexity index is 1100. The van der Waals surface area contributed by atoms with Crippen LogP contribution in [0.1, 0.15) is 33.4 Å². The summed E-state index contributed by atoms with van der Waals surface area (Å²) in [5, 5.41) is 7.21. The summed E-state index contributed by atoms with van der Waals surface area (Å²) in [5.41, 5.74) is 12.9. The van der Waals surface area contributed by atoms with Crippen molar-refractivity contribution in [1.82, 2.24) is 0 Å². The van der Waals surface area contributed by atoms with E-state index in [1.54, 1.807) is 0 Å². The third-order valence-corrected chi connectivity index (χ3v) is 6.52. The van der Waals surface area contributed by atoms with Crippen LogP contribution < -0.4 is 10.6 Å². The lowest BCUT2D eigenvalue weighted by Gasteiger charge is -2.19. The average molecular weight is 421 g/mol. The Morgan fingerprint density at radius 3 is 1.19 bits per heavy atom. The van der Waals surface area contributed by atoms with Crippen LogP contribution in [-0.4, -0.2) is 0 Å². The fraction of sp³-hybridized carbons (Fsp3) is 0.200. The van der Waals surface area contributed by atoms with Gasteiger partial charge in [0, 0.05) is 24.5 Å². The molecule has 0 amide bonds. The molecule has 2 nitrogen and oxygen atoms in total. The molecular formula is C30H32N2. The summed E-state index contributed by atoms with van der Waals surface area (Å²) in [4.78, 5) is 0. The Hall–Kier alpha value is -3.52. The second-order valence-electron chi connectivity index (χ2n) is 8.50. The molecule has 0 aliphatic rings. The van der Waals surface area contributed by atoms with Gasteiger partial charge >= 0.3 is 0 Å². The van der Waals surface area contributed by atoms with Crippen LogP contribution in [0.5, 0.6) is 0 Å². The van der Waals surface area contributed by atoms with Gasteiger partial charge < -0.3 is 10.6 Å². The molecule has 4 aromatic rings. The monoisotopic (exact) mass is 420 g/mol. The number of anilines is 2. The van der Waals surface area contributed by atoms with Crippen LogP contribution in [0.15, 0.2) is 84.9 Å². The van der Waals surface area contributed by atoms with E-state index in [0.29, 0.717) is 0 Å². The molecule has 2 N–H and O–H groups in total. The van der Waals surface area contributed by atoms with Crippen molar-refractivity contribution >= 4 is 11.4 Å². The third kappa shape index (κ3) is 4.70. The zero-order valence-corrected chi connectivity index (χ0v) is 19.5. The topological polar surface area (TPSA) is 24.1 Å². The van der Waals surface area contributed by atoms with Gasteiger partial charge in [-0.25, -0.2) is 0 Å². The molecule has 0 saturated carbocycles. The highest BCUT2D eigenvalue weighted by Gasteiger charge is 2.13. The highest BCUT2D eigenvalue weighted by molar-refractivity contribution is 5.78. The molecule has 4 rings (SSSR count). The first-order chi connectivity index (χ1) is 15.5. The quantitative estimate of drug-likeness (QED) is 0.318. The lowest BCUT2D eigenvalue weighted by Crippen LogP contribution is -2.04. The second kappa shape index (κ2) is 9.74. The summed E-state index contributed by atoms with van der Waals surface area (Å²) >= 11 is 0. The minimum Gasteiger partial charge on any atom is -0.381 e. The molecule has 32 heavy (non-hydrogen) atoms. The lowest BCUT2D eigenvalue weighted by molar-refractivity contribution is 1.13. The van der Waals surface area contributed by atoms with E-state index in [4.69, 9.17) is 0 Å². The molecule has 0 aromatic heterocycles. The molecular weight excluding hydrogens is 388 g/mol. The Balaban J connectivity index is 1.55. The van der Waals surface area contributed by atoms with Crippen molar-refractivity contribution in [3.63, 3.8) is 0 Å². The van der Waals surface area contributed by atoms with Crippen molar-refractivity contribution in [3.05, 3.63) is 118 Å². The fourth-order valence-corrected chi connectivity index (χ4v) is 4.19. The van der Waals surface area contributed by atoms with Crippen LogP contribution in [0, 0.1) is 27.7 Å². The molecule has 0 heterocycles. The predicted molar refractivity (Wildman–Crippen MR) is 138 cm³/mol. The third-order valence-electron chi connectivity index (χ3n) is 6.52. The Morgan fingerprint density at radius 2 is 0.812 bits per heavy atom. The van der Waals surface area contributed by atoms with Crippen molar-refractivity contribution in [2.75, 3.05) is 10.6 Å². The minimum absolute atomic E-state index is 0.834. The molecule has 0 radical (unpaired) electrons.